The predicted octanol–water partition coefficient (Wildman–Crippen LogP) is 3.75. The van der Waals surface area contributed by atoms with Crippen molar-refractivity contribution in [3.8, 4) is 0 Å². The average Bonchev–Trinajstić information content (AvgIpc) is 2.57. The van der Waals surface area contributed by atoms with Gasteiger partial charge in [-0.05, 0) is 37.3 Å². The summed E-state index contributed by atoms with van der Waals surface area (Å²) >= 11 is 6.03. The number of aryl methyl sites for hydroxylation is 1. The van der Waals surface area contributed by atoms with Gasteiger partial charge in [-0.2, -0.15) is 0 Å². The molecule has 0 bridgehead atoms. The summed E-state index contributed by atoms with van der Waals surface area (Å²) in [7, 11) is 0. The molecule has 23 heavy (non-hydrogen) atoms. The van der Waals surface area contributed by atoms with Gasteiger partial charge in [-0.15, -0.1) is 0 Å². The van der Waals surface area contributed by atoms with Crippen LogP contribution in [0.3, 0.4) is 0 Å². The summed E-state index contributed by atoms with van der Waals surface area (Å²) in [5.41, 5.74) is 2.62. The molecule has 1 fully saturated rings. The van der Waals surface area contributed by atoms with Crippen LogP contribution in [-0.4, -0.2) is 37.0 Å². The van der Waals surface area contributed by atoms with Crippen LogP contribution in [0.2, 0.25) is 5.02 Å². The molecule has 0 saturated carbocycles. The first-order valence-corrected chi connectivity index (χ1v) is 7.98. The van der Waals surface area contributed by atoms with Crippen molar-refractivity contribution in [1.82, 2.24) is 4.90 Å². The summed E-state index contributed by atoms with van der Waals surface area (Å²) in [6, 6.07) is 12.2. The van der Waals surface area contributed by atoms with E-state index in [4.69, 9.17) is 11.6 Å². The smallest absolute Gasteiger partial charge is 0.255 e. The third kappa shape index (κ3) is 3.48. The van der Waals surface area contributed by atoms with E-state index in [1.807, 2.05) is 0 Å². The topological polar surface area (TPSA) is 23.6 Å². The van der Waals surface area contributed by atoms with Crippen molar-refractivity contribution in [2.45, 2.75) is 6.92 Å². The lowest BCUT2D eigenvalue weighted by molar-refractivity contribution is 0.0746. The lowest BCUT2D eigenvalue weighted by Gasteiger charge is -2.36. The van der Waals surface area contributed by atoms with Gasteiger partial charge in [0, 0.05) is 31.9 Å². The second-order valence-electron chi connectivity index (χ2n) is 5.74. The molecule has 1 aliphatic rings. The zero-order valence-corrected chi connectivity index (χ0v) is 13.7. The van der Waals surface area contributed by atoms with E-state index in [9.17, 15) is 9.18 Å². The Hall–Kier alpha value is -2.07. The number of carbonyl (C=O) groups is 1. The van der Waals surface area contributed by atoms with Crippen molar-refractivity contribution >= 4 is 23.2 Å². The summed E-state index contributed by atoms with van der Waals surface area (Å²) in [5.74, 6) is -0.658. The maximum absolute atomic E-state index is 13.4. The van der Waals surface area contributed by atoms with Crippen LogP contribution < -0.4 is 4.90 Å². The zero-order valence-electron chi connectivity index (χ0n) is 12.9. The molecule has 1 heterocycles. The molecule has 3 rings (SSSR count). The second kappa shape index (κ2) is 6.59. The van der Waals surface area contributed by atoms with Crippen molar-refractivity contribution in [3.63, 3.8) is 0 Å². The van der Waals surface area contributed by atoms with Gasteiger partial charge in [-0.3, -0.25) is 4.79 Å². The molecule has 1 amide bonds. The highest BCUT2D eigenvalue weighted by molar-refractivity contribution is 6.33. The Morgan fingerprint density at radius 3 is 2.35 bits per heavy atom. The van der Waals surface area contributed by atoms with Crippen LogP contribution in [0.1, 0.15) is 15.9 Å². The monoisotopic (exact) mass is 332 g/mol. The van der Waals surface area contributed by atoms with Crippen molar-refractivity contribution in [1.29, 1.82) is 0 Å². The summed E-state index contributed by atoms with van der Waals surface area (Å²) in [4.78, 5) is 16.5. The van der Waals surface area contributed by atoms with E-state index in [2.05, 4.69) is 36.1 Å². The lowest BCUT2D eigenvalue weighted by Crippen LogP contribution is -2.48. The molecule has 2 aromatic rings. The third-order valence-corrected chi connectivity index (χ3v) is 4.45. The minimum absolute atomic E-state index is 0.210. The van der Waals surface area contributed by atoms with E-state index in [0.29, 0.717) is 13.1 Å². The average molecular weight is 333 g/mol. The number of halogens is 2. The van der Waals surface area contributed by atoms with Crippen LogP contribution in [0.5, 0.6) is 0 Å². The minimum atomic E-state index is -0.448. The summed E-state index contributed by atoms with van der Waals surface area (Å²) in [6.45, 7) is 4.76. The highest BCUT2D eigenvalue weighted by Crippen LogP contribution is 2.21. The normalized spacial score (nSPS) is 14.9. The first kappa shape index (κ1) is 15.8. The largest absolute Gasteiger partial charge is 0.368 e. The van der Waals surface area contributed by atoms with Crippen LogP contribution in [0.15, 0.2) is 42.5 Å². The maximum atomic E-state index is 13.4. The quantitative estimate of drug-likeness (QED) is 0.836. The van der Waals surface area contributed by atoms with E-state index < -0.39 is 5.82 Å². The maximum Gasteiger partial charge on any atom is 0.255 e. The van der Waals surface area contributed by atoms with Gasteiger partial charge in [-0.25, -0.2) is 4.39 Å². The molecule has 0 N–H and O–H groups in total. The zero-order chi connectivity index (χ0) is 16.4. The van der Waals surface area contributed by atoms with Crippen molar-refractivity contribution < 1.29 is 9.18 Å². The number of benzene rings is 2. The number of anilines is 1. The van der Waals surface area contributed by atoms with E-state index in [-0.39, 0.29) is 16.5 Å². The molecule has 0 atom stereocenters. The SMILES string of the molecule is Cc1ccc(N2CCN(C(=O)c3cc(F)ccc3Cl)CC2)cc1. The summed E-state index contributed by atoms with van der Waals surface area (Å²) in [6.07, 6.45) is 0. The van der Waals surface area contributed by atoms with Crippen LogP contribution in [0, 0.1) is 12.7 Å². The fourth-order valence-electron chi connectivity index (χ4n) is 2.76. The van der Waals surface area contributed by atoms with E-state index in [1.54, 1.807) is 4.90 Å². The minimum Gasteiger partial charge on any atom is -0.368 e. The number of amides is 1. The number of rotatable bonds is 2. The molecule has 0 spiro atoms. The molecule has 5 heteroatoms. The van der Waals surface area contributed by atoms with Gasteiger partial charge in [0.15, 0.2) is 0 Å². The fourth-order valence-corrected chi connectivity index (χ4v) is 2.95. The van der Waals surface area contributed by atoms with Gasteiger partial charge in [-0.1, -0.05) is 29.3 Å². The first-order chi connectivity index (χ1) is 11.0. The highest BCUT2D eigenvalue weighted by Gasteiger charge is 2.24. The van der Waals surface area contributed by atoms with Gasteiger partial charge >= 0.3 is 0 Å². The second-order valence-corrected chi connectivity index (χ2v) is 6.15. The lowest BCUT2D eigenvalue weighted by atomic mass is 10.1. The highest BCUT2D eigenvalue weighted by atomic mass is 35.5. The Bertz CT molecular complexity index is 709. The summed E-state index contributed by atoms with van der Waals surface area (Å²) < 4.78 is 13.4. The van der Waals surface area contributed by atoms with Gasteiger partial charge in [0.25, 0.3) is 5.91 Å². The first-order valence-electron chi connectivity index (χ1n) is 7.60. The molecule has 0 aromatic heterocycles. The number of piperazine rings is 1. The number of hydrogen-bond acceptors (Lipinski definition) is 2. The van der Waals surface area contributed by atoms with Gasteiger partial charge in [0.2, 0.25) is 0 Å². The molecule has 3 nitrogen and oxygen atoms in total. The molecule has 0 unspecified atom stereocenters. The third-order valence-electron chi connectivity index (χ3n) is 4.12. The molecule has 120 valence electrons. The van der Waals surface area contributed by atoms with Crippen LogP contribution in [0.25, 0.3) is 0 Å². The Balaban J connectivity index is 1.67. The summed E-state index contributed by atoms with van der Waals surface area (Å²) in [5, 5.41) is 0.289. The fraction of sp³-hybridized carbons (Fsp3) is 0.278. The number of hydrogen-bond donors (Lipinski definition) is 0. The Kier molecular flexibility index (Phi) is 4.53. The molecule has 1 aliphatic heterocycles. The van der Waals surface area contributed by atoms with E-state index in [0.717, 1.165) is 18.8 Å². The van der Waals surface area contributed by atoms with Gasteiger partial charge in [0.05, 0.1) is 10.6 Å². The van der Waals surface area contributed by atoms with Crippen molar-refractivity contribution in [2.75, 3.05) is 31.1 Å². The Morgan fingerprint density at radius 2 is 1.70 bits per heavy atom. The van der Waals surface area contributed by atoms with Gasteiger partial charge < -0.3 is 9.80 Å². The number of carbonyl (C=O) groups excluding carboxylic acids is 1. The van der Waals surface area contributed by atoms with Crippen molar-refractivity contribution in [3.05, 3.63) is 64.4 Å². The molecular weight excluding hydrogens is 315 g/mol. The molecule has 1 saturated heterocycles. The Morgan fingerprint density at radius 1 is 1.04 bits per heavy atom. The predicted molar refractivity (Wildman–Crippen MR) is 90.7 cm³/mol. The van der Waals surface area contributed by atoms with E-state index >= 15 is 0 Å². The molecule has 0 aliphatic carbocycles. The standard InChI is InChI=1S/C18H18ClFN2O/c1-13-2-5-15(6-3-13)21-8-10-22(11-9-21)18(23)16-12-14(20)4-7-17(16)19/h2-7,12H,8-11H2,1H3. The van der Waals surface area contributed by atoms with E-state index in [1.165, 1.54) is 23.8 Å². The molecular formula is C18H18ClFN2O. The molecule has 0 radical (unpaired) electrons. The molecule has 2 aromatic carbocycles. The Labute approximate surface area is 140 Å². The van der Waals surface area contributed by atoms with Crippen LogP contribution in [-0.2, 0) is 0 Å². The van der Waals surface area contributed by atoms with Gasteiger partial charge in [0.1, 0.15) is 5.82 Å². The van der Waals surface area contributed by atoms with Crippen molar-refractivity contribution in [2.24, 2.45) is 0 Å². The van der Waals surface area contributed by atoms with Crippen LogP contribution >= 0.6 is 11.6 Å². The van der Waals surface area contributed by atoms with Crippen LogP contribution in [0.4, 0.5) is 10.1 Å². The number of nitrogens with zero attached hydrogens (tertiary/aromatic N) is 2.